The minimum Gasteiger partial charge on any atom is -0.477 e. The summed E-state index contributed by atoms with van der Waals surface area (Å²) < 4.78 is 77.8. The third-order valence-electron chi connectivity index (χ3n) is 5.45. The van der Waals surface area contributed by atoms with Gasteiger partial charge in [0.05, 0.1) is 6.61 Å². The average molecular weight is 488 g/mol. The first-order chi connectivity index (χ1) is 15.3. The first-order valence-electron chi connectivity index (χ1n) is 10.1. The molecule has 3 atom stereocenters. The standard InChI is InChI=1S/C21H24F3N3O5S/c1-12-8-15(12)11-32-20-14(4-7-18(27-20)21(22,23)24)10-26-19(28)9-17(33(29,30)31)13-2-5-16(25)6-3-13/h2-7,12,15,17H,8-11,25H2,1H3,(H,26,28)(H,29,30,31). The summed E-state index contributed by atoms with van der Waals surface area (Å²) in [5.41, 5.74) is 5.21. The Morgan fingerprint density at radius 2 is 1.91 bits per heavy atom. The van der Waals surface area contributed by atoms with Crippen LogP contribution in [0.1, 0.15) is 41.8 Å². The molecule has 0 spiro atoms. The van der Waals surface area contributed by atoms with Crippen LogP contribution in [0.3, 0.4) is 0 Å². The van der Waals surface area contributed by atoms with Crippen LogP contribution in [0.15, 0.2) is 36.4 Å². The first kappa shape index (κ1) is 24.8. The molecular weight excluding hydrogens is 463 g/mol. The summed E-state index contributed by atoms with van der Waals surface area (Å²) in [6, 6.07) is 7.57. The lowest BCUT2D eigenvalue weighted by molar-refractivity contribution is -0.141. The highest BCUT2D eigenvalue weighted by Crippen LogP contribution is 2.38. The zero-order valence-corrected chi connectivity index (χ0v) is 18.5. The van der Waals surface area contributed by atoms with Crippen molar-refractivity contribution in [3.05, 3.63) is 53.2 Å². The SMILES string of the molecule is CC1CC1COc1nc(C(F)(F)F)ccc1CNC(=O)CC(c1ccc(N)cc1)S(=O)(=O)O. The lowest BCUT2D eigenvalue weighted by Gasteiger charge is -2.16. The van der Waals surface area contributed by atoms with Crippen molar-refractivity contribution in [2.45, 2.75) is 37.7 Å². The van der Waals surface area contributed by atoms with Crippen LogP contribution < -0.4 is 15.8 Å². The molecule has 8 nitrogen and oxygen atoms in total. The fourth-order valence-corrected chi connectivity index (χ4v) is 4.11. The fraction of sp³-hybridized carbons (Fsp3) is 0.429. The maximum Gasteiger partial charge on any atom is 0.433 e. The molecule has 1 fully saturated rings. The second kappa shape index (κ2) is 9.56. The van der Waals surface area contributed by atoms with E-state index in [0.717, 1.165) is 18.6 Å². The Hall–Kier alpha value is -2.86. The van der Waals surface area contributed by atoms with E-state index in [4.69, 9.17) is 10.5 Å². The molecule has 1 amide bonds. The number of hydrogen-bond donors (Lipinski definition) is 3. The molecule has 0 bridgehead atoms. The van der Waals surface area contributed by atoms with Gasteiger partial charge in [-0.25, -0.2) is 4.98 Å². The van der Waals surface area contributed by atoms with Gasteiger partial charge in [-0.15, -0.1) is 0 Å². The van der Waals surface area contributed by atoms with Gasteiger partial charge in [0, 0.05) is 24.2 Å². The molecule has 0 radical (unpaired) electrons. The molecule has 0 saturated heterocycles. The molecule has 3 rings (SSSR count). The molecule has 180 valence electrons. The van der Waals surface area contributed by atoms with Crippen LogP contribution in [0, 0.1) is 11.8 Å². The summed E-state index contributed by atoms with van der Waals surface area (Å²) in [5.74, 6) is -0.325. The van der Waals surface area contributed by atoms with E-state index < -0.39 is 39.6 Å². The Bertz CT molecular complexity index is 1110. The molecule has 33 heavy (non-hydrogen) atoms. The normalized spacial score (nSPS) is 19.1. The largest absolute Gasteiger partial charge is 0.477 e. The fourth-order valence-electron chi connectivity index (χ4n) is 3.24. The van der Waals surface area contributed by atoms with Gasteiger partial charge in [0.1, 0.15) is 10.9 Å². The lowest BCUT2D eigenvalue weighted by Crippen LogP contribution is -2.27. The van der Waals surface area contributed by atoms with Gasteiger partial charge >= 0.3 is 6.18 Å². The lowest BCUT2D eigenvalue weighted by atomic mass is 10.1. The summed E-state index contributed by atoms with van der Waals surface area (Å²) in [5, 5.41) is 0.921. The molecule has 1 saturated carbocycles. The van der Waals surface area contributed by atoms with Gasteiger partial charge in [0.25, 0.3) is 10.1 Å². The number of carbonyl (C=O) groups excluding carboxylic acids is 1. The molecule has 3 unspecified atom stereocenters. The van der Waals surface area contributed by atoms with Crippen LogP contribution in [-0.4, -0.2) is 30.5 Å². The van der Waals surface area contributed by atoms with Crippen molar-refractivity contribution in [2.75, 3.05) is 12.3 Å². The minimum atomic E-state index is -4.66. The van der Waals surface area contributed by atoms with E-state index >= 15 is 0 Å². The van der Waals surface area contributed by atoms with Crippen LogP contribution in [0.25, 0.3) is 0 Å². The van der Waals surface area contributed by atoms with E-state index in [2.05, 4.69) is 10.3 Å². The zero-order valence-electron chi connectivity index (χ0n) is 17.7. The Morgan fingerprint density at radius 1 is 1.27 bits per heavy atom. The number of nitrogens with zero attached hydrogens (tertiary/aromatic N) is 1. The van der Waals surface area contributed by atoms with Gasteiger partial charge in [0.2, 0.25) is 11.8 Å². The van der Waals surface area contributed by atoms with Crippen molar-refractivity contribution in [2.24, 2.45) is 11.8 Å². The third-order valence-corrected chi connectivity index (χ3v) is 6.61. The number of nitrogen functional groups attached to an aromatic ring is 1. The van der Waals surface area contributed by atoms with Crippen molar-refractivity contribution in [3.8, 4) is 5.88 Å². The van der Waals surface area contributed by atoms with E-state index in [1.54, 1.807) is 0 Å². The van der Waals surface area contributed by atoms with Crippen molar-refractivity contribution < 1.29 is 35.7 Å². The first-order valence-corrected chi connectivity index (χ1v) is 11.6. The van der Waals surface area contributed by atoms with Crippen molar-refractivity contribution in [1.82, 2.24) is 10.3 Å². The van der Waals surface area contributed by atoms with Gasteiger partial charge in [-0.2, -0.15) is 21.6 Å². The van der Waals surface area contributed by atoms with Crippen molar-refractivity contribution >= 4 is 21.7 Å². The summed E-state index contributed by atoms with van der Waals surface area (Å²) in [4.78, 5) is 16.0. The van der Waals surface area contributed by atoms with Gasteiger partial charge in [0.15, 0.2) is 0 Å². The van der Waals surface area contributed by atoms with E-state index in [0.29, 0.717) is 11.6 Å². The maximum atomic E-state index is 13.1. The second-order valence-corrected chi connectivity index (χ2v) is 9.69. The Labute approximate surface area is 189 Å². The summed E-state index contributed by atoms with van der Waals surface area (Å²) in [6.07, 6.45) is -4.35. The number of nitrogens with two attached hydrogens (primary N) is 1. The van der Waals surface area contributed by atoms with Crippen molar-refractivity contribution in [3.63, 3.8) is 0 Å². The highest BCUT2D eigenvalue weighted by Gasteiger charge is 2.35. The highest BCUT2D eigenvalue weighted by molar-refractivity contribution is 7.86. The maximum absolute atomic E-state index is 13.1. The Balaban J connectivity index is 1.71. The summed E-state index contributed by atoms with van der Waals surface area (Å²) >= 11 is 0. The monoisotopic (exact) mass is 487 g/mol. The number of benzene rings is 1. The van der Waals surface area contributed by atoms with Crippen molar-refractivity contribution in [1.29, 1.82) is 0 Å². The summed E-state index contributed by atoms with van der Waals surface area (Å²) in [6.45, 7) is 1.97. The number of alkyl halides is 3. The van der Waals surface area contributed by atoms with Gasteiger partial charge < -0.3 is 15.8 Å². The minimum absolute atomic E-state index is 0.167. The second-order valence-electron chi connectivity index (χ2n) is 8.09. The number of ether oxygens (including phenoxy) is 1. The molecular formula is C21H24F3N3O5S. The number of nitrogens with one attached hydrogen (secondary N) is 1. The molecule has 1 heterocycles. The average Bonchev–Trinajstić information content (AvgIpc) is 3.43. The number of amides is 1. The summed E-state index contributed by atoms with van der Waals surface area (Å²) in [7, 11) is -4.62. The quantitative estimate of drug-likeness (QED) is 0.365. The Morgan fingerprint density at radius 3 is 2.45 bits per heavy atom. The molecule has 12 heteroatoms. The van der Waals surface area contributed by atoms with Crippen LogP contribution in [0.4, 0.5) is 18.9 Å². The number of rotatable bonds is 9. The van der Waals surface area contributed by atoms with Crippen LogP contribution >= 0.6 is 0 Å². The number of hydrogen-bond acceptors (Lipinski definition) is 6. The van der Waals surface area contributed by atoms with Gasteiger partial charge in [-0.05, 0) is 48.1 Å². The van der Waals surface area contributed by atoms with Crippen LogP contribution in [0.2, 0.25) is 0 Å². The number of halogens is 3. The number of carbonyl (C=O) groups is 1. The van der Waals surface area contributed by atoms with Gasteiger partial charge in [-0.3, -0.25) is 9.35 Å². The molecule has 4 N–H and O–H groups in total. The smallest absolute Gasteiger partial charge is 0.433 e. The Kier molecular flexibility index (Phi) is 7.17. The predicted molar refractivity (Wildman–Crippen MR) is 114 cm³/mol. The number of anilines is 1. The number of aromatic nitrogens is 1. The van der Waals surface area contributed by atoms with E-state index in [1.807, 2.05) is 6.92 Å². The molecule has 2 aromatic rings. The highest BCUT2D eigenvalue weighted by atomic mass is 32.2. The third kappa shape index (κ3) is 6.81. The van der Waals surface area contributed by atoms with Crippen LogP contribution in [0.5, 0.6) is 5.88 Å². The molecule has 1 aliphatic rings. The molecule has 0 aliphatic heterocycles. The topological polar surface area (TPSA) is 132 Å². The zero-order chi connectivity index (χ0) is 24.4. The molecule has 1 aliphatic carbocycles. The van der Waals surface area contributed by atoms with Gasteiger partial charge in [-0.1, -0.05) is 19.1 Å². The van der Waals surface area contributed by atoms with E-state index in [1.165, 1.54) is 24.3 Å². The predicted octanol–water partition coefficient (Wildman–Crippen LogP) is 3.35. The molecule has 1 aromatic carbocycles. The van der Waals surface area contributed by atoms with E-state index in [-0.39, 0.29) is 36.1 Å². The number of pyridine rings is 1. The van der Waals surface area contributed by atoms with E-state index in [9.17, 15) is 30.9 Å². The van der Waals surface area contributed by atoms with Crippen LogP contribution in [-0.2, 0) is 27.6 Å². The molecule has 1 aromatic heterocycles.